The third-order valence-corrected chi connectivity index (χ3v) is 5.65. The number of aliphatic hydroxyl groups is 2. The predicted molar refractivity (Wildman–Crippen MR) is 88.0 cm³/mol. The largest absolute Gasteiger partial charge is 0.392 e. The third-order valence-electron chi connectivity index (χ3n) is 5.40. The van der Waals surface area contributed by atoms with Crippen molar-refractivity contribution < 1.29 is 10.2 Å². The molecule has 0 unspecified atom stereocenters. The first-order valence-corrected chi connectivity index (χ1v) is 8.18. The molecule has 0 amide bonds. The minimum atomic E-state index is -1.07. The number of aliphatic hydroxyl groups excluding tert-OH is 1. The first-order valence-electron chi connectivity index (χ1n) is 7.80. The van der Waals surface area contributed by atoms with E-state index in [0.717, 1.165) is 5.56 Å². The molecule has 2 N–H and O–H groups in total. The Hall–Kier alpha value is -1.43. The summed E-state index contributed by atoms with van der Waals surface area (Å²) in [6.07, 6.45) is 3.73. The first kappa shape index (κ1) is 16.4. The highest BCUT2D eigenvalue weighted by atomic mass is 35.5. The lowest BCUT2D eigenvalue weighted by Crippen LogP contribution is -2.51. The number of hydrogen-bond acceptors (Lipinski definition) is 4. The van der Waals surface area contributed by atoms with Crippen LogP contribution in [0.2, 0.25) is 5.02 Å². The lowest BCUT2D eigenvalue weighted by Gasteiger charge is -2.41. The van der Waals surface area contributed by atoms with Crippen molar-refractivity contribution in [2.24, 2.45) is 11.3 Å². The zero-order valence-corrected chi connectivity index (χ0v) is 14.1. The fourth-order valence-corrected chi connectivity index (χ4v) is 3.75. The normalized spacial score (nSPS) is 29.8. The predicted octanol–water partition coefficient (Wildman–Crippen LogP) is 2.31. The summed E-state index contributed by atoms with van der Waals surface area (Å²) in [5.74, 6) is -0.0714. The van der Waals surface area contributed by atoms with Crippen molar-refractivity contribution in [3.63, 3.8) is 0 Å². The number of rotatable bonds is 4. The van der Waals surface area contributed by atoms with Gasteiger partial charge in [-0.25, -0.2) is 4.98 Å². The van der Waals surface area contributed by atoms with Gasteiger partial charge in [0.15, 0.2) is 0 Å². The van der Waals surface area contributed by atoms with Gasteiger partial charge in [-0.15, -0.1) is 0 Å². The minimum Gasteiger partial charge on any atom is -0.392 e. The molecule has 1 aromatic heterocycles. The van der Waals surface area contributed by atoms with Crippen LogP contribution in [-0.4, -0.2) is 36.7 Å². The minimum absolute atomic E-state index is 0.0714. The standard InChI is InChI=1S/C17H22ClN3O2/c1-16(2)15(22)8-13(7-12-3-5-14(18)6-4-12)17(16,23)9-21-11-19-10-20-21/h3-6,10-11,13,15,22-23H,7-9H2,1-2H3/t13-,15+,17-/m0/s1. The lowest BCUT2D eigenvalue weighted by atomic mass is 9.72. The van der Waals surface area contributed by atoms with Crippen molar-refractivity contribution in [2.45, 2.75) is 44.9 Å². The summed E-state index contributed by atoms with van der Waals surface area (Å²) in [7, 11) is 0. The van der Waals surface area contributed by atoms with Crippen LogP contribution in [0.4, 0.5) is 0 Å². The fourth-order valence-electron chi connectivity index (χ4n) is 3.63. The zero-order chi connectivity index (χ0) is 16.7. The third kappa shape index (κ3) is 2.89. The van der Waals surface area contributed by atoms with Gasteiger partial charge in [0.2, 0.25) is 0 Å². The van der Waals surface area contributed by atoms with E-state index in [0.29, 0.717) is 24.4 Å². The van der Waals surface area contributed by atoms with Gasteiger partial charge in [0.05, 0.1) is 18.2 Å². The molecule has 23 heavy (non-hydrogen) atoms. The monoisotopic (exact) mass is 335 g/mol. The van der Waals surface area contributed by atoms with Gasteiger partial charge >= 0.3 is 0 Å². The van der Waals surface area contributed by atoms with Gasteiger partial charge in [-0.05, 0) is 36.5 Å². The van der Waals surface area contributed by atoms with Gasteiger partial charge in [0, 0.05) is 10.4 Å². The number of benzene rings is 1. The molecule has 0 spiro atoms. The number of aromatic nitrogens is 3. The smallest absolute Gasteiger partial charge is 0.137 e. The van der Waals surface area contributed by atoms with E-state index in [1.807, 2.05) is 38.1 Å². The molecular formula is C17H22ClN3O2. The molecule has 124 valence electrons. The van der Waals surface area contributed by atoms with Crippen molar-refractivity contribution in [1.82, 2.24) is 14.8 Å². The Morgan fingerprint density at radius 1 is 1.30 bits per heavy atom. The molecule has 1 aliphatic rings. The second-order valence-corrected chi connectivity index (χ2v) is 7.45. The van der Waals surface area contributed by atoms with Gasteiger partial charge in [0.25, 0.3) is 0 Å². The van der Waals surface area contributed by atoms with E-state index in [9.17, 15) is 10.2 Å². The maximum Gasteiger partial charge on any atom is 0.137 e. The lowest BCUT2D eigenvalue weighted by molar-refractivity contribution is -0.113. The van der Waals surface area contributed by atoms with Crippen LogP contribution >= 0.6 is 11.6 Å². The summed E-state index contributed by atoms with van der Waals surface area (Å²) in [5.41, 5.74) is -0.600. The number of nitrogens with zero attached hydrogens (tertiary/aromatic N) is 3. The van der Waals surface area contributed by atoms with E-state index >= 15 is 0 Å². The topological polar surface area (TPSA) is 71.2 Å². The molecule has 0 radical (unpaired) electrons. The summed E-state index contributed by atoms with van der Waals surface area (Å²) >= 11 is 5.94. The fraction of sp³-hybridized carbons (Fsp3) is 0.529. The van der Waals surface area contributed by atoms with Crippen LogP contribution < -0.4 is 0 Å². The van der Waals surface area contributed by atoms with Crippen LogP contribution in [0.15, 0.2) is 36.9 Å². The Morgan fingerprint density at radius 2 is 2.00 bits per heavy atom. The molecule has 1 heterocycles. The molecule has 1 fully saturated rings. The van der Waals surface area contributed by atoms with Crippen molar-refractivity contribution in [2.75, 3.05) is 0 Å². The Bertz CT molecular complexity index is 657. The van der Waals surface area contributed by atoms with Crippen LogP contribution in [0.25, 0.3) is 0 Å². The second kappa shape index (κ2) is 5.89. The van der Waals surface area contributed by atoms with Crippen molar-refractivity contribution in [1.29, 1.82) is 0 Å². The molecule has 3 atom stereocenters. The highest BCUT2D eigenvalue weighted by molar-refractivity contribution is 6.30. The van der Waals surface area contributed by atoms with Crippen LogP contribution in [0.5, 0.6) is 0 Å². The van der Waals surface area contributed by atoms with E-state index in [-0.39, 0.29) is 5.92 Å². The summed E-state index contributed by atoms with van der Waals surface area (Å²) < 4.78 is 1.63. The van der Waals surface area contributed by atoms with Gasteiger partial charge in [-0.3, -0.25) is 4.68 Å². The molecule has 5 nitrogen and oxygen atoms in total. The molecule has 0 saturated heterocycles. The summed E-state index contributed by atoms with van der Waals surface area (Å²) in [6.45, 7) is 4.14. The molecule has 3 rings (SSSR count). The van der Waals surface area contributed by atoms with Gasteiger partial charge < -0.3 is 10.2 Å². The van der Waals surface area contributed by atoms with Gasteiger partial charge in [-0.2, -0.15) is 5.10 Å². The molecule has 0 aliphatic heterocycles. The Morgan fingerprint density at radius 3 is 2.61 bits per heavy atom. The summed E-state index contributed by atoms with van der Waals surface area (Å²) in [4.78, 5) is 3.94. The van der Waals surface area contributed by atoms with Crippen LogP contribution in [0, 0.1) is 11.3 Å². The Labute approximate surface area is 140 Å². The second-order valence-electron chi connectivity index (χ2n) is 7.02. The Balaban J connectivity index is 1.89. The van der Waals surface area contributed by atoms with E-state index in [1.54, 1.807) is 11.0 Å². The number of hydrogen-bond donors (Lipinski definition) is 2. The zero-order valence-electron chi connectivity index (χ0n) is 13.4. The van der Waals surface area contributed by atoms with Crippen molar-refractivity contribution in [3.8, 4) is 0 Å². The average Bonchev–Trinajstić information content (AvgIpc) is 3.05. The Kier molecular flexibility index (Phi) is 4.21. The molecule has 6 heteroatoms. The van der Waals surface area contributed by atoms with E-state index in [4.69, 9.17) is 11.6 Å². The van der Waals surface area contributed by atoms with Gasteiger partial charge in [-0.1, -0.05) is 37.6 Å². The molecule has 0 bridgehead atoms. The molecule has 2 aromatic rings. The first-order chi connectivity index (χ1) is 10.8. The summed E-state index contributed by atoms with van der Waals surface area (Å²) in [5, 5.41) is 26.8. The van der Waals surface area contributed by atoms with E-state index in [1.165, 1.54) is 6.33 Å². The molecule has 1 aliphatic carbocycles. The highest BCUT2D eigenvalue weighted by Crippen LogP contribution is 2.51. The maximum absolute atomic E-state index is 11.5. The molecular weight excluding hydrogens is 314 g/mol. The van der Waals surface area contributed by atoms with Crippen LogP contribution in [0.1, 0.15) is 25.8 Å². The van der Waals surface area contributed by atoms with Crippen molar-refractivity contribution >= 4 is 11.6 Å². The summed E-state index contributed by atoms with van der Waals surface area (Å²) in [6, 6.07) is 7.64. The van der Waals surface area contributed by atoms with E-state index < -0.39 is 17.1 Å². The van der Waals surface area contributed by atoms with Gasteiger partial charge in [0.1, 0.15) is 12.7 Å². The average molecular weight is 336 g/mol. The van der Waals surface area contributed by atoms with E-state index in [2.05, 4.69) is 10.1 Å². The van der Waals surface area contributed by atoms with Crippen molar-refractivity contribution in [3.05, 3.63) is 47.5 Å². The SMILES string of the molecule is CC1(C)[C@H](O)C[C@H](Cc2ccc(Cl)cc2)[C@@]1(O)Cn1cncn1. The van der Waals surface area contributed by atoms with Crippen LogP contribution in [0.3, 0.4) is 0 Å². The molecule has 1 aromatic carbocycles. The maximum atomic E-state index is 11.5. The number of halogens is 1. The van der Waals surface area contributed by atoms with Crippen LogP contribution in [-0.2, 0) is 13.0 Å². The quantitative estimate of drug-likeness (QED) is 0.899. The highest BCUT2D eigenvalue weighted by Gasteiger charge is 2.59. The molecule has 1 saturated carbocycles.